The van der Waals surface area contributed by atoms with Gasteiger partial charge in [0, 0.05) is 12.6 Å². The number of urea groups is 1. The second-order valence-corrected chi connectivity index (χ2v) is 3.87. The smallest absolute Gasteiger partial charge is 0.327 e. The highest BCUT2D eigenvalue weighted by Gasteiger charge is 2.37. The first-order valence-corrected chi connectivity index (χ1v) is 4.72. The average Bonchev–Trinajstić information content (AvgIpc) is 2.25. The molecule has 1 unspecified atom stereocenters. The summed E-state index contributed by atoms with van der Waals surface area (Å²) in [5, 5.41) is 9.12. The van der Waals surface area contributed by atoms with Gasteiger partial charge >= 0.3 is 6.03 Å². The summed E-state index contributed by atoms with van der Waals surface area (Å²) in [7, 11) is 0. The molecule has 1 heterocycles. The van der Waals surface area contributed by atoms with Gasteiger partial charge in [0.2, 0.25) is 0 Å². The van der Waals surface area contributed by atoms with Gasteiger partial charge in [0.15, 0.2) is 0 Å². The molecule has 1 aliphatic rings. The van der Waals surface area contributed by atoms with Crippen LogP contribution in [0.5, 0.6) is 0 Å². The average molecular weight is 200 g/mol. The van der Waals surface area contributed by atoms with E-state index in [4.69, 9.17) is 5.11 Å². The Morgan fingerprint density at radius 2 is 1.93 bits per heavy atom. The summed E-state index contributed by atoms with van der Waals surface area (Å²) in [6, 6.07) is -0.417. The minimum atomic E-state index is -0.598. The predicted octanol–water partition coefficient (Wildman–Crippen LogP) is 0.0398. The lowest BCUT2D eigenvalue weighted by Gasteiger charge is -2.20. The first-order chi connectivity index (χ1) is 6.43. The second kappa shape index (κ2) is 3.96. The van der Waals surface area contributed by atoms with Gasteiger partial charge in [0.05, 0.1) is 6.10 Å². The standard InChI is InChI=1S/C9H16N2O3/c1-6(2)11-8(13)5-10(9(11)14)4-7(3)12/h6-7,12H,4-5H2,1-3H3. The van der Waals surface area contributed by atoms with E-state index in [2.05, 4.69) is 0 Å². The van der Waals surface area contributed by atoms with E-state index in [0.29, 0.717) is 0 Å². The number of carbonyl (C=O) groups is 2. The molecule has 5 heteroatoms. The summed E-state index contributed by atoms with van der Waals surface area (Å²) in [6.45, 7) is 5.48. The van der Waals surface area contributed by atoms with Crippen molar-refractivity contribution in [2.75, 3.05) is 13.1 Å². The van der Waals surface area contributed by atoms with Crippen LogP contribution >= 0.6 is 0 Å². The maximum Gasteiger partial charge on any atom is 0.327 e. The number of aliphatic hydroxyl groups excluding tert-OH is 1. The summed E-state index contributed by atoms with van der Waals surface area (Å²) in [6.07, 6.45) is -0.598. The van der Waals surface area contributed by atoms with Crippen LogP contribution in [0.3, 0.4) is 0 Å². The SMILES string of the molecule is CC(O)CN1CC(=O)N(C(C)C)C1=O. The van der Waals surface area contributed by atoms with Crippen molar-refractivity contribution in [1.82, 2.24) is 9.80 Å². The number of β-amino-alcohol motifs (C(OH)–C–C–N with tert-alkyl or cyclic N) is 1. The van der Waals surface area contributed by atoms with Crippen LogP contribution in [0.25, 0.3) is 0 Å². The van der Waals surface area contributed by atoms with Crippen molar-refractivity contribution >= 4 is 11.9 Å². The summed E-state index contributed by atoms with van der Waals surface area (Å²) in [5.41, 5.74) is 0. The molecule has 1 N–H and O–H groups in total. The van der Waals surface area contributed by atoms with E-state index in [1.54, 1.807) is 20.8 Å². The molecule has 0 bridgehead atoms. The van der Waals surface area contributed by atoms with Crippen molar-refractivity contribution in [1.29, 1.82) is 0 Å². The molecule has 1 saturated heterocycles. The Bertz CT molecular complexity index is 250. The third kappa shape index (κ3) is 2.04. The summed E-state index contributed by atoms with van der Waals surface area (Å²) < 4.78 is 0. The Hall–Kier alpha value is -1.10. The van der Waals surface area contributed by atoms with E-state index in [0.717, 1.165) is 0 Å². The molecular formula is C9H16N2O3. The van der Waals surface area contributed by atoms with Gasteiger partial charge in [0.25, 0.3) is 5.91 Å². The Labute approximate surface area is 83.3 Å². The first-order valence-electron chi connectivity index (χ1n) is 4.72. The molecule has 1 aliphatic heterocycles. The molecule has 1 rings (SSSR count). The fourth-order valence-electron chi connectivity index (χ4n) is 1.54. The fraction of sp³-hybridized carbons (Fsp3) is 0.778. The number of hydrogen-bond donors (Lipinski definition) is 1. The topological polar surface area (TPSA) is 60.9 Å². The lowest BCUT2D eigenvalue weighted by Crippen LogP contribution is -2.39. The van der Waals surface area contributed by atoms with Crippen molar-refractivity contribution < 1.29 is 14.7 Å². The normalized spacial score (nSPS) is 19.8. The molecule has 5 nitrogen and oxygen atoms in total. The molecule has 1 fully saturated rings. The molecule has 0 aromatic rings. The minimum absolute atomic E-state index is 0.0852. The Balaban J connectivity index is 2.69. The number of nitrogens with zero attached hydrogens (tertiary/aromatic N) is 2. The van der Waals surface area contributed by atoms with E-state index in [1.165, 1.54) is 9.80 Å². The first kappa shape index (κ1) is 11.0. The molecule has 80 valence electrons. The van der Waals surface area contributed by atoms with Gasteiger partial charge < -0.3 is 10.0 Å². The van der Waals surface area contributed by atoms with E-state index < -0.39 is 6.10 Å². The quantitative estimate of drug-likeness (QED) is 0.654. The highest BCUT2D eigenvalue weighted by Crippen LogP contribution is 2.13. The number of carbonyl (C=O) groups excluding carboxylic acids is 2. The molecule has 0 saturated carbocycles. The molecule has 0 radical (unpaired) electrons. The van der Waals surface area contributed by atoms with Crippen LogP contribution in [0, 0.1) is 0 Å². The third-order valence-corrected chi connectivity index (χ3v) is 2.07. The van der Waals surface area contributed by atoms with Gasteiger partial charge in [0.1, 0.15) is 6.54 Å². The molecule has 0 aliphatic carbocycles. The maximum atomic E-state index is 11.6. The van der Waals surface area contributed by atoms with Gasteiger partial charge in [-0.1, -0.05) is 0 Å². The monoisotopic (exact) mass is 200 g/mol. The van der Waals surface area contributed by atoms with E-state index in [1.807, 2.05) is 0 Å². The lowest BCUT2D eigenvalue weighted by molar-refractivity contribution is -0.126. The van der Waals surface area contributed by atoms with Crippen molar-refractivity contribution in [3.05, 3.63) is 0 Å². The van der Waals surface area contributed by atoms with E-state index in [-0.39, 0.29) is 31.1 Å². The second-order valence-electron chi connectivity index (χ2n) is 3.87. The van der Waals surface area contributed by atoms with Crippen LogP contribution in [0.4, 0.5) is 4.79 Å². The minimum Gasteiger partial charge on any atom is -0.392 e. The van der Waals surface area contributed by atoms with E-state index >= 15 is 0 Å². The Kier molecular flexibility index (Phi) is 3.10. The number of aliphatic hydroxyl groups is 1. The molecule has 0 aromatic heterocycles. The van der Waals surface area contributed by atoms with Gasteiger partial charge in [-0.3, -0.25) is 9.69 Å². The van der Waals surface area contributed by atoms with Gasteiger partial charge in [-0.15, -0.1) is 0 Å². The molecule has 0 aromatic carbocycles. The lowest BCUT2D eigenvalue weighted by atomic mass is 10.3. The van der Waals surface area contributed by atoms with Gasteiger partial charge in [-0.05, 0) is 20.8 Å². The van der Waals surface area contributed by atoms with Crippen LogP contribution < -0.4 is 0 Å². The fourth-order valence-corrected chi connectivity index (χ4v) is 1.54. The van der Waals surface area contributed by atoms with E-state index in [9.17, 15) is 9.59 Å². The molecule has 0 spiro atoms. The third-order valence-electron chi connectivity index (χ3n) is 2.07. The molecule has 14 heavy (non-hydrogen) atoms. The Morgan fingerprint density at radius 1 is 1.36 bits per heavy atom. The van der Waals surface area contributed by atoms with Crippen LogP contribution in [0.15, 0.2) is 0 Å². The summed E-state index contributed by atoms with van der Waals surface area (Å²) >= 11 is 0. The number of imide groups is 1. The van der Waals surface area contributed by atoms with Crippen molar-refractivity contribution in [3.63, 3.8) is 0 Å². The zero-order valence-corrected chi connectivity index (χ0v) is 8.73. The molecule has 3 amide bonds. The highest BCUT2D eigenvalue weighted by atomic mass is 16.3. The number of hydrogen-bond acceptors (Lipinski definition) is 3. The predicted molar refractivity (Wildman–Crippen MR) is 50.6 cm³/mol. The van der Waals surface area contributed by atoms with Crippen molar-refractivity contribution in [2.24, 2.45) is 0 Å². The molecular weight excluding hydrogens is 184 g/mol. The summed E-state index contributed by atoms with van der Waals surface area (Å²) in [5.74, 6) is -0.189. The number of amides is 3. The zero-order chi connectivity index (χ0) is 10.9. The van der Waals surface area contributed by atoms with Crippen LogP contribution in [-0.2, 0) is 4.79 Å². The van der Waals surface area contributed by atoms with Crippen LogP contribution in [0.1, 0.15) is 20.8 Å². The molecule has 1 atom stereocenters. The largest absolute Gasteiger partial charge is 0.392 e. The highest BCUT2D eigenvalue weighted by molar-refractivity contribution is 6.02. The maximum absolute atomic E-state index is 11.6. The van der Waals surface area contributed by atoms with Gasteiger partial charge in [-0.2, -0.15) is 0 Å². The van der Waals surface area contributed by atoms with Crippen molar-refractivity contribution in [2.45, 2.75) is 32.9 Å². The zero-order valence-electron chi connectivity index (χ0n) is 8.73. The van der Waals surface area contributed by atoms with Crippen LogP contribution in [0.2, 0.25) is 0 Å². The van der Waals surface area contributed by atoms with Crippen molar-refractivity contribution in [3.8, 4) is 0 Å². The summed E-state index contributed by atoms with van der Waals surface area (Å²) in [4.78, 5) is 25.6. The number of rotatable bonds is 3. The van der Waals surface area contributed by atoms with Crippen LogP contribution in [-0.4, -0.2) is 52.1 Å². The Morgan fingerprint density at radius 3 is 2.29 bits per heavy atom. The van der Waals surface area contributed by atoms with Gasteiger partial charge in [-0.25, -0.2) is 4.79 Å².